The number of benzene rings is 2. The van der Waals surface area contributed by atoms with E-state index in [1.807, 2.05) is 20.8 Å². The Balaban J connectivity index is 1.63. The molecule has 0 bridgehead atoms. The van der Waals surface area contributed by atoms with E-state index in [1.165, 1.54) is 6.08 Å². The molecule has 0 radical (unpaired) electrons. The molecule has 1 unspecified atom stereocenters. The standard InChI is InChI=1S/C30H38O8/c1-4-18-36-28(31)17-10-24-8-13-27(14-9-24)38-30(33)25-11-15-26(16-12-25)35-21-6-19-34-20-7-22-37-29(32)23(3)5-2/h8-17,23H,4-7,18-22H2,1-3H3/b17-10+. The van der Waals surface area contributed by atoms with Crippen LogP contribution in [0.5, 0.6) is 11.5 Å². The quantitative estimate of drug-likeness (QED) is 0.113. The lowest BCUT2D eigenvalue weighted by atomic mass is 10.1. The van der Waals surface area contributed by atoms with Gasteiger partial charge < -0.3 is 23.7 Å². The van der Waals surface area contributed by atoms with Crippen molar-refractivity contribution in [3.05, 3.63) is 65.7 Å². The lowest BCUT2D eigenvalue weighted by Gasteiger charge is -2.10. The van der Waals surface area contributed by atoms with Crippen LogP contribution in [0.2, 0.25) is 0 Å². The van der Waals surface area contributed by atoms with Crippen molar-refractivity contribution in [2.75, 3.05) is 33.0 Å². The molecular weight excluding hydrogens is 488 g/mol. The Bertz CT molecular complexity index is 1010. The summed E-state index contributed by atoms with van der Waals surface area (Å²) in [5, 5.41) is 0. The van der Waals surface area contributed by atoms with E-state index in [-0.39, 0.29) is 11.9 Å². The second-order valence-electron chi connectivity index (χ2n) is 8.63. The van der Waals surface area contributed by atoms with E-state index in [4.69, 9.17) is 23.7 Å². The minimum absolute atomic E-state index is 0.0657. The summed E-state index contributed by atoms with van der Waals surface area (Å²) < 4.78 is 26.8. The molecule has 2 rings (SSSR count). The van der Waals surface area contributed by atoms with Crippen LogP contribution >= 0.6 is 0 Å². The molecule has 0 heterocycles. The molecule has 206 valence electrons. The third kappa shape index (κ3) is 12.1. The Kier molecular flexibility index (Phi) is 14.3. The van der Waals surface area contributed by atoms with Gasteiger partial charge >= 0.3 is 17.9 Å². The molecule has 0 amide bonds. The minimum Gasteiger partial charge on any atom is -0.494 e. The van der Waals surface area contributed by atoms with E-state index in [0.29, 0.717) is 62.9 Å². The fourth-order valence-corrected chi connectivity index (χ4v) is 3.01. The van der Waals surface area contributed by atoms with Crippen molar-refractivity contribution in [2.45, 2.75) is 46.5 Å². The first-order chi connectivity index (χ1) is 18.4. The van der Waals surface area contributed by atoms with Crippen molar-refractivity contribution >= 4 is 24.0 Å². The van der Waals surface area contributed by atoms with Gasteiger partial charge in [0.1, 0.15) is 11.5 Å². The molecule has 38 heavy (non-hydrogen) atoms. The van der Waals surface area contributed by atoms with Crippen molar-refractivity contribution in [1.29, 1.82) is 0 Å². The van der Waals surface area contributed by atoms with Gasteiger partial charge in [-0.25, -0.2) is 9.59 Å². The van der Waals surface area contributed by atoms with E-state index in [0.717, 1.165) is 18.4 Å². The number of rotatable bonds is 17. The normalized spacial score (nSPS) is 11.7. The largest absolute Gasteiger partial charge is 0.494 e. The molecule has 1 atom stereocenters. The zero-order chi connectivity index (χ0) is 27.6. The average Bonchev–Trinajstić information content (AvgIpc) is 2.94. The fourth-order valence-electron chi connectivity index (χ4n) is 3.01. The van der Waals surface area contributed by atoms with Crippen LogP contribution < -0.4 is 9.47 Å². The number of esters is 3. The molecule has 0 aromatic heterocycles. The van der Waals surface area contributed by atoms with Crippen molar-refractivity contribution < 1.29 is 38.1 Å². The first kappa shape index (κ1) is 30.6. The molecule has 0 spiro atoms. The molecule has 0 aliphatic carbocycles. The molecule has 0 fully saturated rings. The van der Waals surface area contributed by atoms with Gasteiger partial charge in [0.05, 0.1) is 31.3 Å². The fraction of sp³-hybridized carbons (Fsp3) is 0.433. The Labute approximate surface area is 224 Å². The molecule has 0 aliphatic rings. The Morgan fingerprint density at radius 1 is 0.789 bits per heavy atom. The number of ether oxygens (including phenoxy) is 5. The summed E-state index contributed by atoms with van der Waals surface area (Å²) in [6.07, 6.45) is 5.93. The third-order valence-electron chi connectivity index (χ3n) is 5.43. The molecular formula is C30H38O8. The van der Waals surface area contributed by atoms with Gasteiger partial charge in [0.25, 0.3) is 0 Å². The average molecular weight is 527 g/mol. The Morgan fingerprint density at radius 2 is 1.45 bits per heavy atom. The topological polar surface area (TPSA) is 97.4 Å². The van der Waals surface area contributed by atoms with Gasteiger partial charge in [-0.15, -0.1) is 0 Å². The Morgan fingerprint density at radius 3 is 2.11 bits per heavy atom. The zero-order valence-corrected chi connectivity index (χ0v) is 22.5. The number of hydrogen-bond donors (Lipinski definition) is 0. The summed E-state index contributed by atoms with van der Waals surface area (Å²) in [5.41, 5.74) is 1.19. The van der Waals surface area contributed by atoms with Gasteiger partial charge in [0, 0.05) is 32.1 Å². The lowest BCUT2D eigenvalue weighted by Crippen LogP contribution is -2.15. The number of carbonyl (C=O) groups excluding carboxylic acids is 3. The zero-order valence-electron chi connectivity index (χ0n) is 22.5. The van der Waals surface area contributed by atoms with Crippen LogP contribution in [0.3, 0.4) is 0 Å². The van der Waals surface area contributed by atoms with Gasteiger partial charge in [-0.2, -0.15) is 0 Å². The maximum absolute atomic E-state index is 12.4. The monoisotopic (exact) mass is 526 g/mol. The highest BCUT2D eigenvalue weighted by Gasteiger charge is 2.11. The van der Waals surface area contributed by atoms with E-state index in [2.05, 4.69) is 0 Å². The molecule has 0 aliphatic heterocycles. The van der Waals surface area contributed by atoms with Crippen molar-refractivity contribution in [3.8, 4) is 11.5 Å². The van der Waals surface area contributed by atoms with Crippen LogP contribution in [-0.2, 0) is 23.8 Å². The highest BCUT2D eigenvalue weighted by atomic mass is 16.5. The number of carbonyl (C=O) groups is 3. The maximum Gasteiger partial charge on any atom is 0.343 e. The van der Waals surface area contributed by atoms with Gasteiger partial charge in [-0.05, 0) is 60.9 Å². The van der Waals surface area contributed by atoms with Crippen LogP contribution in [0.4, 0.5) is 0 Å². The van der Waals surface area contributed by atoms with Crippen molar-refractivity contribution in [2.24, 2.45) is 5.92 Å². The molecule has 0 N–H and O–H groups in total. The second-order valence-corrected chi connectivity index (χ2v) is 8.63. The smallest absolute Gasteiger partial charge is 0.343 e. The highest BCUT2D eigenvalue weighted by molar-refractivity contribution is 5.91. The molecule has 0 saturated carbocycles. The van der Waals surface area contributed by atoms with Crippen LogP contribution in [0.15, 0.2) is 54.6 Å². The van der Waals surface area contributed by atoms with Crippen LogP contribution in [0.25, 0.3) is 6.08 Å². The van der Waals surface area contributed by atoms with Gasteiger partial charge in [-0.1, -0.05) is 32.9 Å². The van der Waals surface area contributed by atoms with Gasteiger partial charge in [0.15, 0.2) is 0 Å². The first-order valence-electron chi connectivity index (χ1n) is 13.1. The number of hydrogen-bond acceptors (Lipinski definition) is 8. The minimum atomic E-state index is -0.480. The summed E-state index contributed by atoms with van der Waals surface area (Å²) in [4.78, 5) is 35.5. The molecule has 8 nitrogen and oxygen atoms in total. The highest BCUT2D eigenvalue weighted by Crippen LogP contribution is 2.17. The SMILES string of the molecule is CCCOC(=O)/C=C/c1ccc(OC(=O)c2ccc(OCCCOCCCOC(=O)C(C)CC)cc2)cc1. The summed E-state index contributed by atoms with van der Waals surface area (Å²) in [6, 6.07) is 13.5. The summed E-state index contributed by atoms with van der Waals surface area (Å²) >= 11 is 0. The lowest BCUT2D eigenvalue weighted by molar-refractivity contribution is -0.148. The molecule has 8 heteroatoms. The van der Waals surface area contributed by atoms with E-state index in [1.54, 1.807) is 54.6 Å². The second kappa shape index (κ2) is 17.7. The predicted molar refractivity (Wildman–Crippen MR) is 144 cm³/mol. The van der Waals surface area contributed by atoms with E-state index < -0.39 is 11.9 Å². The predicted octanol–water partition coefficient (Wildman–Crippen LogP) is 5.64. The van der Waals surface area contributed by atoms with Crippen LogP contribution in [-0.4, -0.2) is 50.9 Å². The first-order valence-corrected chi connectivity index (χ1v) is 13.1. The van der Waals surface area contributed by atoms with Crippen molar-refractivity contribution in [3.63, 3.8) is 0 Å². The van der Waals surface area contributed by atoms with Gasteiger partial charge in [0.2, 0.25) is 0 Å². The van der Waals surface area contributed by atoms with Crippen molar-refractivity contribution in [1.82, 2.24) is 0 Å². The molecule has 2 aromatic carbocycles. The summed E-state index contributed by atoms with van der Waals surface area (Å²) in [6.45, 7) is 8.05. The van der Waals surface area contributed by atoms with E-state index >= 15 is 0 Å². The van der Waals surface area contributed by atoms with Crippen LogP contribution in [0.1, 0.15) is 62.4 Å². The summed E-state index contributed by atoms with van der Waals surface area (Å²) in [7, 11) is 0. The van der Waals surface area contributed by atoms with Crippen LogP contribution in [0, 0.1) is 5.92 Å². The Hall–Kier alpha value is -3.65. The molecule has 2 aromatic rings. The summed E-state index contributed by atoms with van der Waals surface area (Å²) in [5.74, 6) is -0.0557. The maximum atomic E-state index is 12.4. The third-order valence-corrected chi connectivity index (χ3v) is 5.43. The van der Waals surface area contributed by atoms with Gasteiger partial charge in [-0.3, -0.25) is 4.79 Å². The molecule has 0 saturated heterocycles. The van der Waals surface area contributed by atoms with E-state index in [9.17, 15) is 14.4 Å².